The smallest absolute Gasteiger partial charge is 0.0485 e. The Labute approximate surface area is 87.3 Å². The van der Waals surface area contributed by atoms with Crippen molar-refractivity contribution in [2.24, 2.45) is 0 Å². The standard InChI is InChI=1S/C10H14BrNO/c1-7-4-9(6-12(3)13)5-8(2)10(7)11/h4-5,13H,6H2,1-3H3. The average molecular weight is 244 g/mol. The van der Waals surface area contributed by atoms with Crippen molar-refractivity contribution < 1.29 is 5.21 Å². The summed E-state index contributed by atoms with van der Waals surface area (Å²) in [5.74, 6) is 0. The molecule has 0 spiro atoms. The van der Waals surface area contributed by atoms with E-state index in [1.54, 1.807) is 7.05 Å². The molecule has 1 aromatic carbocycles. The van der Waals surface area contributed by atoms with E-state index in [4.69, 9.17) is 5.21 Å². The number of benzene rings is 1. The summed E-state index contributed by atoms with van der Waals surface area (Å²) < 4.78 is 1.15. The normalized spacial score (nSPS) is 10.9. The molecule has 0 atom stereocenters. The molecule has 0 bridgehead atoms. The largest absolute Gasteiger partial charge is 0.314 e. The van der Waals surface area contributed by atoms with E-state index in [1.807, 2.05) is 0 Å². The Hall–Kier alpha value is -0.380. The summed E-state index contributed by atoms with van der Waals surface area (Å²) in [4.78, 5) is 0. The van der Waals surface area contributed by atoms with E-state index < -0.39 is 0 Å². The maximum Gasteiger partial charge on any atom is 0.0485 e. The monoisotopic (exact) mass is 243 g/mol. The molecular weight excluding hydrogens is 230 g/mol. The highest BCUT2D eigenvalue weighted by molar-refractivity contribution is 9.10. The predicted octanol–water partition coefficient (Wildman–Crippen LogP) is 2.89. The van der Waals surface area contributed by atoms with Crippen molar-refractivity contribution in [2.75, 3.05) is 7.05 Å². The highest BCUT2D eigenvalue weighted by Crippen LogP contribution is 2.22. The summed E-state index contributed by atoms with van der Waals surface area (Å²) in [6.45, 7) is 4.67. The van der Waals surface area contributed by atoms with Crippen LogP contribution >= 0.6 is 15.9 Å². The minimum absolute atomic E-state index is 0.564. The van der Waals surface area contributed by atoms with Crippen molar-refractivity contribution in [2.45, 2.75) is 20.4 Å². The number of hydrogen-bond acceptors (Lipinski definition) is 2. The molecular formula is C10H14BrNO. The van der Waals surface area contributed by atoms with Gasteiger partial charge in [-0.15, -0.1) is 0 Å². The fourth-order valence-corrected chi connectivity index (χ4v) is 1.62. The number of hydrogen-bond donors (Lipinski definition) is 1. The van der Waals surface area contributed by atoms with Crippen molar-refractivity contribution in [3.63, 3.8) is 0 Å². The highest BCUT2D eigenvalue weighted by atomic mass is 79.9. The Bertz CT molecular complexity index is 287. The quantitative estimate of drug-likeness (QED) is 0.808. The van der Waals surface area contributed by atoms with Gasteiger partial charge in [-0.1, -0.05) is 28.1 Å². The summed E-state index contributed by atoms with van der Waals surface area (Å²) in [7, 11) is 1.65. The molecule has 0 unspecified atom stereocenters. The fraction of sp³-hybridized carbons (Fsp3) is 0.400. The number of nitrogens with zero attached hydrogens (tertiary/aromatic N) is 1. The lowest BCUT2D eigenvalue weighted by Gasteiger charge is -2.11. The maximum absolute atomic E-state index is 9.08. The molecule has 13 heavy (non-hydrogen) atoms. The van der Waals surface area contributed by atoms with Crippen LogP contribution in [0.1, 0.15) is 16.7 Å². The van der Waals surface area contributed by atoms with Crippen LogP contribution in [0.5, 0.6) is 0 Å². The van der Waals surface area contributed by atoms with Crippen molar-refractivity contribution in [3.8, 4) is 0 Å². The summed E-state index contributed by atoms with van der Waals surface area (Å²) in [5.41, 5.74) is 3.54. The third-order valence-corrected chi connectivity index (χ3v) is 3.16. The molecule has 0 saturated heterocycles. The Morgan fingerprint density at radius 2 is 1.77 bits per heavy atom. The van der Waals surface area contributed by atoms with Gasteiger partial charge >= 0.3 is 0 Å². The molecule has 0 aromatic heterocycles. The van der Waals surface area contributed by atoms with Crippen LogP contribution in [0.25, 0.3) is 0 Å². The lowest BCUT2D eigenvalue weighted by Crippen LogP contribution is -2.11. The van der Waals surface area contributed by atoms with E-state index in [0.717, 1.165) is 10.0 Å². The third-order valence-electron chi connectivity index (χ3n) is 1.91. The molecule has 2 nitrogen and oxygen atoms in total. The maximum atomic E-state index is 9.08. The first kappa shape index (κ1) is 10.7. The predicted molar refractivity (Wildman–Crippen MR) is 56.9 cm³/mol. The van der Waals surface area contributed by atoms with Gasteiger partial charge in [-0.25, -0.2) is 0 Å². The van der Waals surface area contributed by atoms with Gasteiger partial charge in [-0.05, 0) is 30.5 Å². The number of rotatable bonds is 2. The lowest BCUT2D eigenvalue weighted by molar-refractivity contribution is -0.0731. The molecule has 0 amide bonds. The molecule has 0 saturated carbocycles. The van der Waals surface area contributed by atoms with Gasteiger partial charge in [-0.2, -0.15) is 5.06 Å². The second-order valence-electron chi connectivity index (χ2n) is 3.36. The van der Waals surface area contributed by atoms with Gasteiger partial charge in [0, 0.05) is 18.1 Å². The minimum Gasteiger partial charge on any atom is -0.314 e. The van der Waals surface area contributed by atoms with E-state index in [2.05, 4.69) is 41.9 Å². The zero-order valence-corrected chi connectivity index (χ0v) is 9.72. The Balaban J connectivity index is 2.99. The summed E-state index contributed by atoms with van der Waals surface area (Å²) in [6, 6.07) is 4.15. The van der Waals surface area contributed by atoms with Gasteiger partial charge < -0.3 is 5.21 Å². The summed E-state index contributed by atoms with van der Waals surface area (Å²) in [6.07, 6.45) is 0. The van der Waals surface area contributed by atoms with Gasteiger partial charge in [-0.3, -0.25) is 0 Å². The third kappa shape index (κ3) is 2.79. The van der Waals surface area contributed by atoms with Crippen molar-refractivity contribution >= 4 is 15.9 Å². The second kappa shape index (κ2) is 4.22. The molecule has 1 aromatic rings. The summed E-state index contributed by atoms with van der Waals surface area (Å²) in [5, 5.41) is 10.3. The van der Waals surface area contributed by atoms with Crippen LogP contribution in [-0.2, 0) is 6.54 Å². The lowest BCUT2D eigenvalue weighted by atomic mass is 10.1. The zero-order chi connectivity index (χ0) is 10.0. The second-order valence-corrected chi connectivity index (χ2v) is 4.15. The fourth-order valence-electron chi connectivity index (χ4n) is 1.39. The van der Waals surface area contributed by atoms with Crippen LogP contribution < -0.4 is 0 Å². The highest BCUT2D eigenvalue weighted by Gasteiger charge is 2.03. The van der Waals surface area contributed by atoms with Crippen molar-refractivity contribution in [3.05, 3.63) is 33.3 Å². The molecule has 1 N–H and O–H groups in total. The number of aryl methyl sites for hydroxylation is 2. The molecule has 0 fully saturated rings. The van der Waals surface area contributed by atoms with Crippen LogP contribution in [0.2, 0.25) is 0 Å². The van der Waals surface area contributed by atoms with E-state index in [1.165, 1.54) is 16.2 Å². The van der Waals surface area contributed by atoms with Crippen LogP contribution in [0.15, 0.2) is 16.6 Å². The molecule has 1 rings (SSSR count). The van der Waals surface area contributed by atoms with Gasteiger partial charge in [0.2, 0.25) is 0 Å². The first-order valence-electron chi connectivity index (χ1n) is 4.16. The van der Waals surface area contributed by atoms with E-state index in [9.17, 15) is 0 Å². The first-order valence-corrected chi connectivity index (χ1v) is 4.95. The Kier molecular flexibility index (Phi) is 3.47. The van der Waals surface area contributed by atoms with Gasteiger partial charge in [0.15, 0.2) is 0 Å². The average Bonchev–Trinajstić information content (AvgIpc) is 1.98. The van der Waals surface area contributed by atoms with E-state index in [0.29, 0.717) is 6.54 Å². The SMILES string of the molecule is Cc1cc(CN(C)O)cc(C)c1Br. The molecule has 72 valence electrons. The van der Waals surface area contributed by atoms with E-state index >= 15 is 0 Å². The minimum atomic E-state index is 0.564. The van der Waals surface area contributed by atoms with Crippen molar-refractivity contribution in [1.82, 2.24) is 5.06 Å². The van der Waals surface area contributed by atoms with Crippen molar-refractivity contribution in [1.29, 1.82) is 0 Å². The molecule has 3 heteroatoms. The molecule has 0 aliphatic heterocycles. The van der Waals surface area contributed by atoms with Crippen LogP contribution in [0.4, 0.5) is 0 Å². The molecule has 0 aliphatic carbocycles. The van der Waals surface area contributed by atoms with Gasteiger partial charge in [0.1, 0.15) is 0 Å². The number of halogens is 1. The van der Waals surface area contributed by atoms with Crippen LogP contribution in [-0.4, -0.2) is 17.3 Å². The van der Waals surface area contributed by atoms with Gasteiger partial charge in [0.05, 0.1) is 0 Å². The number of hydroxylamine groups is 2. The molecule has 0 radical (unpaired) electrons. The van der Waals surface area contributed by atoms with Crippen LogP contribution in [0.3, 0.4) is 0 Å². The zero-order valence-electron chi connectivity index (χ0n) is 8.13. The molecule has 0 heterocycles. The van der Waals surface area contributed by atoms with Crippen LogP contribution in [0, 0.1) is 13.8 Å². The topological polar surface area (TPSA) is 23.5 Å². The first-order chi connectivity index (χ1) is 6.00. The Morgan fingerprint density at radius 3 is 2.15 bits per heavy atom. The van der Waals surface area contributed by atoms with E-state index in [-0.39, 0.29) is 0 Å². The van der Waals surface area contributed by atoms with Gasteiger partial charge in [0.25, 0.3) is 0 Å². The molecule has 0 aliphatic rings. The Morgan fingerprint density at radius 1 is 1.31 bits per heavy atom. The summed E-state index contributed by atoms with van der Waals surface area (Å²) >= 11 is 3.50.